The van der Waals surface area contributed by atoms with Crippen molar-refractivity contribution in [3.8, 4) is 0 Å². The molecule has 1 aromatic rings. The van der Waals surface area contributed by atoms with E-state index >= 15 is 0 Å². The smallest absolute Gasteiger partial charge is 0.0440 e. The molecule has 0 amide bonds. The van der Waals surface area contributed by atoms with Gasteiger partial charge in [-0.3, -0.25) is 0 Å². The maximum atomic E-state index is 5.70. The number of piperidine rings is 1. The molecule has 3 aliphatic rings. The summed E-state index contributed by atoms with van der Waals surface area (Å²) in [7, 11) is 2.21. The molecule has 15 heavy (non-hydrogen) atoms. The zero-order valence-corrected chi connectivity index (χ0v) is 9.06. The second-order valence-electron chi connectivity index (χ2n) is 4.76. The minimum Gasteiger partial charge on any atom is -0.399 e. The van der Waals surface area contributed by atoms with Crippen LogP contribution in [-0.4, -0.2) is 37.1 Å². The first kappa shape index (κ1) is 9.04. The molecule has 0 saturated carbocycles. The molecule has 2 unspecified atom stereocenters. The highest BCUT2D eigenvalue weighted by Gasteiger charge is 2.43. The minimum atomic E-state index is 0.720. The fourth-order valence-corrected chi connectivity index (χ4v) is 2.89. The number of benzene rings is 1. The number of hydrogen-bond donors (Lipinski definition) is 1. The summed E-state index contributed by atoms with van der Waals surface area (Å²) in [4.78, 5) is 4.96. The van der Waals surface area contributed by atoms with Gasteiger partial charge in [-0.05, 0) is 37.7 Å². The number of fused-ring (bicyclic) bond motifs is 2. The molecule has 80 valence electrons. The number of nitrogen functional groups attached to an aromatic ring is 1. The number of anilines is 2. The highest BCUT2D eigenvalue weighted by Crippen LogP contribution is 2.36. The molecule has 3 nitrogen and oxygen atoms in total. The van der Waals surface area contributed by atoms with E-state index in [1.165, 1.54) is 25.2 Å². The van der Waals surface area contributed by atoms with Crippen molar-refractivity contribution >= 4 is 11.4 Å². The molecule has 2 bridgehead atoms. The Morgan fingerprint density at radius 3 is 2.33 bits per heavy atom. The molecule has 0 radical (unpaired) electrons. The Morgan fingerprint density at radius 2 is 1.73 bits per heavy atom. The molecule has 0 aliphatic carbocycles. The standard InChI is InChI=1S/C12H17N3/c1-14-7-11-6-12(8-14)15(11)10-4-2-9(13)3-5-10/h2-5,11-12H,6-8,13H2,1H3. The van der Waals surface area contributed by atoms with Gasteiger partial charge < -0.3 is 15.5 Å². The van der Waals surface area contributed by atoms with Crippen LogP contribution in [0.2, 0.25) is 0 Å². The van der Waals surface area contributed by atoms with E-state index in [0.29, 0.717) is 0 Å². The largest absolute Gasteiger partial charge is 0.399 e. The van der Waals surface area contributed by atoms with Gasteiger partial charge >= 0.3 is 0 Å². The summed E-state index contributed by atoms with van der Waals surface area (Å²) in [5.41, 5.74) is 7.88. The van der Waals surface area contributed by atoms with E-state index in [1.54, 1.807) is 0 Å². The van der Waals surface area contributed by atoms with Crippen LogP contribution >= 0.6 is 0 Å². The van der Waals surface area contributed by atoms with Gasteiger partial charge in [0.25, 0.3) is 0 Å². The lowest BCUT2D eigenvalue weighted by Gasteiger charge is -2.57. The Kier molecular flexibility index (Phi) is 1.89. The van der Waals surface area contributed by atoms with Crippen LogP contribution in [0.25, 0.3) is 0 Å². The summed E-state index contributed by atoms with van der Waals surface area (Å²) in [6.07, 6.45) is 1.36. The molecular formula is C12H17N3. The Hall–Kier alpha value is -1.22. The van der Waals surface area contributed by atoms with Crippen LogP contribution in [0.3, 0.4) is 0 Å². The van der Waals surface area contributed by atoms with Gasteiger partial charge in [0.1, 0.15) is 0 Å². The van der Waals surface area contributed by atoms with Crippen LogP contribution in [-0.2, 0) is 0 Å². The first-order valence-electron chi connectivity index (χ1n) is 5.56. The number of nitrogens with two attached hydrogens (primary N) is 1. The Balaban J connectivity index is 1.82. The van der Waals surface area contributed by atoms with Crippen LogP contribution in [0.15, 0.2) is 24.3 Å². The third-order valence-electron chi connectivity index (χ3n) is 3.57. The number of hydrogen-bond acceptors (Lipinski definition) is 3. The fraction of sp³-hybridized carbons (Fsp3) is 0.500. The van der Waals surface area contributed by atoms with Gasteiger partial charge in [0.05, 0.1) is 0 Å². The minimum absolute atomic E-state index is 0.720. The molecule has 2 N–H and O–H groups in total. The van der Waals surface area contributed by atoms with Crippen LogP contribution in [0.4, 0.5) is 11.4 Å². The molecule has 0 spiro atoms. The highest BCUT2D eigenvalue weighted by molar-refractivity contribution is 5.57. The van der Waals surface area contributed by atoms with E-state index in [2.05, 4.69) is 29.0 Å². The normalized spacial score (nSPS) is 30.1. The second kappa shape index (κ2) is 3.14. The quantitative estimate of drug-likeness (QED) is 0.695. The Bertz CT molecular complexity index is 348. The van der Waals surface area contributed by atoms with Gasteiger partial charge in [0.2, 0.25) is 0 Å². The van der Waals surface area contributed by atoms with Gasteiger partial charge in [-0.25, -0.2) is 0 Å². The molecule has 3 saturated heterocycles. The molecular weight excluding hydrogens is 186 g/mol. The van der Waals surface area contributed by atoms with E-state index in [-0.39, 0.29) is 0 Å². The van der Waals surface area contributed by atoms with Crippen molar-refractivity contribution in [3.05, 3.63) is 24.3 Å². The van der Waals surface area contributed by atoms with Crippen LogP contribution < -0.4 is 10.6 Å². The van der Waals surface area contributed by atoms with Crippen LogP contribution in [0, 0.1) is 0 Å². The maximum absolute atomic E-state index is 5.70. The molecule has 3 heterocycles. The van der Waals surface area contributed by atoms with E-state index < -0.39 is 0 Å². The van der Waals surface area contributed by atoms with Gasteiger partial charge in [0, 0.05) is 36.5 Å². The lowest BCUT2D eigenvalue weighted by atomic mass is 9.87. The summed E-state index contributed by atoms with van der Waals surface area (Å²) in [5.74, 6) is 0. The van der Waals surface area contributed by atoms with Crippen molar-refractivity contribution in [1.82, 2.24) is 4.90 Å². The lowest BCUT2D eigenvalue weighted by Crippen LogP contribution is -2.68. The monoisotopic (exact) mass is 203 g/mol. The van der Waals surface area contributed by atoms with Crippen LogP contribution in [0.5, 0.6) is 0 Å². The third kappa shape index (κ3) is 1.38. The van der Waals surface area contributed by atoms with E-state index in [9.17, 15) is 0 Å². The van der Waals surface area contributed by atoms with Crippen molar-refractivity contribution in [2.45, 2.75) is 18.5 Å². The predicted molar refractivity (Wildman–Crippen MR) is 63.0 cm³/mol. The fourth-order valence-electron chi connectivity index (χ4n) is 2.89. The molecule has 3 aliphatic heterocycles. The van der Waals surface area contributed by atoms with Crippen molar-refractivity contribution in [2.24, 2.45) is 0 Å². The topological polar surface area (TPSA) is 32.5 Å². The zero-order valence-electron chi connectivity index (χ0n) is 9.06. The predicted octanol–water partition coefficient (Wildman–Crippen LogP) is 1.16. The van der Waals surface area contributed by atoms with Gasteiger partial charge in [-0.1, -0.05) is 0 Å². The first-order valence-corrected chi connectivity index (χ1v) is 5.56. The van der Waals surface area contributed by atoms with E-state index in [1.807, 2.05) is 12.1 Å². The molecule has 2 atom stereocenters. The summed E-state index contributed by atoms with van der Waals surface area (Å²) < 4.78 is 0. The van der Waals surface area contributed by atoms with Crippen molar-refractivity contribution < 1.29 is 0 Å². The summed E-state index contributed by atoms with van der Waals surface area (Å²) >= 11 is 0. The lowest BCUT2D eigenvalue weighted by molar-refractivity contribution is 0.140. The first-order chi connectivity index (χ1) is 7.24. The van der Waals surface area contributed by atoms with Gasteiger partial charge in [0.15, 0.2) is 0 Å². The number of rotatable bonds is 1. The van der Waals surface area contributed by atoms with E-state index in [0.717, 1.165) is 17.8 Å². The Morgan fingerprint density at radius 1 is 1.13 bits per heavy atom. The summed E-state index contributed by atoms with van der Waals surface area (Å²) in [6.45, 7) is 2.39. The van der Waals surface area contributed by atoms with E-state index in [4.69, 9.17) is 5.73 Å². The highest BCUT2D eigenvalue weighted by atomic mass is 15.3. The second-order valence-corrected chi connectivity index (χ2v) is 4.76. The SMILES string of the molecule is CN1CC2CC(C1)N2c1ccc(N)cc1. The zero-order chi connectivity index (χ0) is 10.4. The molecule has 0 aromatic heterocycles. The molecule has 4 rings (SSSR count). The molecule has 3 fully saturated rings. The van der Waals surface area contributed by atoms with Crippen LogP contribution in [0.1, 0.15) is 6.42 Å². The molecule has 1 aromatic carbocycles. The maximum Gasteiger partial charge on any atom is 0.0440 e. The van der Waals surface area contributed by atoms with Gasteiger partial charge in [-0.15, -0.1) is 0 Å². The summed E-state index contributed by atoms with van der Waals surface area (Å²) in [6, 6.07) is 9.70. The average molecular weight is 203 g/mol. The Labute approximate surface area is 90.5 Å². The summed E-state index contributed by atoms with van der Waals surface area (Å²) in [5, 5.41) is 0. The van der Waals surface area contributed by atoms with Crippen molar-refractivity contribution in [1.29, 1.82) is 0 Å². The van der Waals surface area contributed by atoms with Crippen molar-refractivity contribution in [2.75, 3.05) is 30.8 Å². The number of piperazine rings is 1. The number of nitrogens with zero attached hydrogens (tertiary/aromatic N) is 2. The molecule has 3 heteroatoms. The van der Waals surface area contributed by atoms with Gasteiger partial charge in [-0.2, -0.15) is 0 Å². The number of likely N-dealkylation sites (N-methyl/N-ethyl adjacent to an activating group) is 1. The average Bonchev–Trinajstić information content (AvgIpc) is 2.21. The van der Waals surface area contributed by atoms with Crippen molar-refractivity contribution in [3.63, 3.8) is 0 Å². The third-order valence-corrected chi connectivity index (χ3v) is 3.57.